The van der Waals surface area contributed by atoms with Gasteiger partial charge in [-0.05, 0) is 34.4 Å². The molecule has 0 aliphatic heterocycles. The van der Waals surface area contributed by atoms with Gasteiger partial charge < -0.3 is 0 Å². The Kier molecular flexibility index (Phi) is 4.58. The summed E-state index contributed by atoms with van der Waals surface area (Å²) in [7, 11) is -1.42. The zero-order chi connectivity index (χ0) is 15.5. The van der Waals surface area contributed by atoms with Crippen molar-refractivity contribution < 1.29 is 0 Å². The first-order chi connectivity index (χ1) is 9.91. The van der Waals surface area contributed by atoms with Gasteiger partial charge in [0.2, 0.25) is 0 Å². The number of allylic oxidation sites excluding steroid dienone is 2. The van der Waals surface area contributed by atoms with Gasteiger partial charge in [0.25, 0.3) is 0 Å². The van der Waals surface area contributed by atoms with Crippen LogP contribution in [-0.2, 0) is 6.42 Å². The van der Waals surface area contributed by atoms with Crippen LogP contribution in [0.3, 0.4) is 0 Å². The van der Waals surface area contributed by atoms with Crippen molar-refractivity contribution >= 4 is 18.8 Å². The zero-order valence-corrected chi connectivity index (χ0v) is 14.2. The summed E-state index contributed by atoms with van der Waals surface area (Å²) >= 11 is 0. The maximum atomic E-state index is 4.58. The lowest BCUT2D eigenvalue weighted by molar-refractivity contribution is 1.16. The number of hydrogen-bond donors (Lipinski definition) is 0. The topological polar surface area (TPSA) is 12.9 Å². The van der Waals surface area contributed by atoms with Gasteiger partial charge >= 0.3 is 0 Å². The molecule has 0 radical (unpaired) electrons. The Morgan fingerprint density at radius 2 is 1.86 bits per heavy atom. The first-order valence-electron chi connectivity index (χ1n) is 7.27. The highest BCUT2D eigenvalue weighted by molar-refractivity contribution is 6.89. The molecule has 0 N–H and O–H groups in total. The molecule has 0 aliphatic carbocycles. The fraction of sp³-hybridized carbons (Fsp3) is 0.211. The smallest absolute Gasteiger partial charge is 0.0799 e. The van der Waals surface area contributed by atoms with Gasteiger partial charge in [-0.2, -0.15) is 0 Å². The van der Waals surface area contributed by atoms with Crippen molar-refractivity contribution in [2.24, 2.45) is 0 Å². The summed E-state index contributed by atoms with van der Waals surface area (Å²) in [5.74, 6) is 0. The number of hydrogen-bond acceptors (Lipinski definition) is 1. The second-order valence-corrected chi connectivity index (χ2v) is 11.4. The summed E-state index contributed by atoms with van der Waals surface area (Å²) in [6.45, 7) is 14.9. The van der Waals surface area contributed by atoms with Crippen molar-refractivity contribution in [3.8, 4) is 0 Å². The van der Waals surface area contributed by atoms with Gasteiger partial charge in [0.05, 0.1) is 13.8 Å². The van der Waals surface area contributed by atoms with Crippen molar-refractivity contribution in [2.75, 3.05) is 0 Å². The van der Waals surface area contributed by atoms with Crippen molar-refractivity contribution in [1.82, 2.24) is 4.98 Å². The van der Waals surface area contributed by atoms with Gasteiger partial charge in [-0.15, -0.1) is 0 Å². The van der Waals surface area contributed by atoms with Crippen LogP contribution in [0.2, 0.25) is 19.6 Å². The molecular formula is C19H23NSi. The first-order valence-corrected chi connectivity index (χ1v) is 10.8. The summed E-state index contributed by atoms with van der Waals surface area (Å²) in [5, 5.41) is 1.42. The van der Waals surface area contributed by atoms with E-state index in [1.54, 1.807) is 6.08 Å². The lowest BCUT2D eigenvalue weighted by Crippen LogP contribution is -2.40. The monoisotopic (exact) mass is 293 g/mol. The minimum Gasteiger partial charge on any atom is -0.256 e. The normalized spacial score (nSPS) is 11.2. The molecule has 0 unspecified atom stereocenters. The second kappa shape index (κ2) is 6.23. The van der Waals surface area contributed by atoms with E-state index in [-0.39, 0.29) is 0 Å². The van der Waals surface area contributed by atoms with E-state index in [4.69, 9.17) is 0 Å². The third kappa shape index (κ3) is 3.79. The Hall–Kier alpha value is -1.93. The van der Waals surface area contributed by atoms with E-state index in [2.05, 4.69) is 80.4 Å². The van der Waals surface area contributed by atoms with E-state index < -0.39 is 8.07 Å². The van der Waals surface area contributed by atoms with Crippen LogP contribution in [0, 0.1) is 0 Å². The minimum atomic E-state index is -1.42. The molecule has 1 aromatic carbocycles. The molecule has 1 heterocycles. The van der Waals surface area contributed by atoms with E-state index in [9.17, 15) is 0 Å². The number of benzene rings is 1. The largest absolute Gasteiger partial charge is 0.256 e. The molecule has 108 valence electrons. The summed E-state index contributed by atoms with van der Waals surface area (Å²) in [5.41, 5.74) is 4.51. The predicted molar refractivity (Wildman–Crippen MR) is 95.7 cm³/mol. The van der Waals surface area contributed by atoms with Crippen LogP contribution < -0.4 is 5.19 Å². The molecular weight excluding hydrogens is 270 g/mol. The van der Waals surface area contributed by atoms with Crippen LogP contribution in [0.4, 0.5) is 0 Å². The van der Waals surface area contributed by atoms with Gasteiger partial charge in [0, 0.05) is 6.20 Å². The summed E-state index contributed by atoms with van der Waals surface area (Å²) < 4.78 is 0. The number of nitrogens with zero attached hydrogens (tertiary/aromatic N) is 1. The molecule has 0 atom stereocenters. The number of aromatic nitrogens is 1. The Morgan fingerprint density at radius 1 is 1.19 bits per heavy atom. The molecule has 0 saturated heterocycles. The molecule has 1 nitrogen and oxygen atoms in total. The van der Waals surface area contributed by atoms with E-state index >= 15 is 0 Å². The lowest BCUT2D eigenvalue weighted by atomic mass is 10.0. The first kappa shape index (κ1) is 15.5. The third-order valence-electron chi connectivity index (χ3n) is 3.61. The molecule has 2 aromatic rings. The van der Waals surface area contributed by atoms with E-state index in [0.717, 1.165) is 17.7 Å². The molecule has 0 bridgehead atoms. The number of rotatable bonds is 5. The SMILES string of the molecule is C=CC(=C)c1cc(Cc2ccccc2)c([Si](C)(C)C)cn1. The lowest BCUT2D eigenvalue weighted by Gasteiger charge is -2.21. The summed E-state index contributed by atoms with van der Waals surface area (Å²) in [4.78, 5) is 4.58. The van der Waals surface area contributed by atoms with Gasteiger partial charge in [0.15, 0.2) is 0 Å². The van der Waals surface area contributed by atoms with Crippen molar-refractivity contribution in [1.29, 1.82) is 0 Å². The van der Waals surface area contributed by atoms with Crippen molar-refractivity contribution in [3.63, 3.8) is 0 Å². The summed E-state index contributed by atoms with van der Waals surface area (Å²) in [6, 6.07) is 12.8. The second-order valence-electron chi connectivity index (χ2n) is 6.37. The van der Waals surface area contributed by atoms with Gasteiger partial charge in [-0.1, -0.05) is 69.2 Å². The molecule has 2 heteroatoms. The molecule has 0 fully saturated rings. The summed E-state index contributed by atoms with van der Waals surface area (Å²) in [6.07, 6.45) is 4.76. The standard InChI is InChI=1S/C19H23NSi/c1-6-15(2)18-13-17(12-16-10-8-7-9-11-16)19(14-20-18)21(3,4)5/h6-11,13-14H,1-2,12H2,3-5H3. The van der Waals surface area contributed by atoms with Crippen LogP contribution in [0.15, 0.2) is 61.8 Å². The fourth-order valence-electron chi connectivity index (χ4n) is 2.41. The minimum absolute atomic E-state index is 0.881. The molecule has 0 saturated carbocycles. The average molecular weight is 293 g/mol. The Labute approximate surface area is 129 Å². The predicted octanol–water partition coefficient (Wildman–Crippen LogP) is 4.42. The van der Waals surface area contributed by atoms with Crippen LogP contribution in [0.1, 0.15) is 16.8 Å². The van der Waals surface area contributed by atoms with Gasteiger partial charge in [-0.3, -0.25) is 4.98 Å². The Balaban J connectivity index is 2.48. The average Bonchev–Trinajstić information content (AvgIpc) is 2.46. The zero-order valence-electron chi connectivity index (χ0n) is 13.2. The Morgan fingerprint density at radius 3 is 2.43 bits per heavy atom. The van der Waals surface area contributed by atoms with Crippen LogP contribution in [-0.4, -0.2) is 13.1 Å². The van der Waals surface area contributed by atoms with Crippen molar-refractivity contribution in [3.05, 3.63) is 78.6 Å². The highest BCUT2D eigenvalue weighted by atomic mass is 28.3. The highest BCUT2D eigenvalue weighted by Gasteiger charge is 2.21. The van der Waals surface area contributed by atoms with Gasteiger partial charge in [0.1, 0.15) is 0 Å². The molecule has 1 aromatic heterocycles. The number of pyridine rings is 1. The quantitative estimate of drug-likeness (QED) is 0.587. The maximum Gasteiger partial charge on any atom is 0.0799 e. The van der Waals surface area contributed by atoms with E-state index in [0.29, 0.717) is 0 Å². The maximum absolute atomic E-state index is 4.58. The van der Waals surface area contributed by atoms with Crippen LogP contribution in [0.5, 0.6) is 0 Å². The molecule has 0 amide bonds. The van der Waals surface area contributed by atoms with Gasteiger partial charge in [-0.25, -0.2) is 0 Å². The van der Waals surface area contributed by atoms with Crippen molar-refractivity contribution in [2.45, 2.75) is 26.1 Å². The molecule has 0 spiro atoms. The molecule has 0 aliphatic rings. The Bertz CT molecular complexity index is 651. The molecule has 2 rings (SSSR count). The van der Waals surface area contributed by atoms with Crippen LogP contribution in [0.25, 0.3) is 5.57 Å². The third-order valence-corrected chi connectivity index (χ3v) is 5.68. The van der Waals surface area contributed by atoms with E-state index in [1.165, 1.54) is 16.3 Å². The van der Waals surface area contributed by atoms with Crippen LogP contribution >= 0.6 is 0 Å². The molecule has 21 heavy (non-hydrogen) atoms. The highest BCUT2D eigenvalue weighted by Crippen LogP contribution is 2.17. The van der Waals surface area contributed by atoms with E-state index in [1.807, 2.05) is 0 Å². The fourth-order valence-corrected chi connectivity index (χ4v) is 3.99.